The summed E-state index contributed by atoms with van der Waals surface area (Å²) in [6.07, 6.45) is 2.80. The smallest absolute Gasteiger partial charge is 0.243 e. The number of rotatable bonds is 13. The van der Waals surface area contributed by atoms with Crippen molar-refractivity contribution in [2.45, 2.75) is 78.9 Å². The van der Waals surface area contributed by atoms with Crippen molar-refractivity contribution in [2.75, 3.05) is 17.1 Å². The molecule has 0 saturated carbocycles. The first-order chi connectivity index (χ1) is 17.4. The van der Waals surface area contributed by atoms with Crippen LogP contribution in [0.15, 0.2) is 42.5 Å². The van der Waals surface area contributed by atoms with Crippen LogP contribution in [0.25, 0.3) is 0 Å². The van der Waals surface area contributed by atoms with Crippen LogP contribution in [-0.2, 0) is 26.2 Å². The van der Waals surface area contributed by atoms with Crippen molar-refractivity contribution in [3.63, 3.8) is 0 Å². The predicted molar refractivity (Wildman–Crippen MR) is 151 cm³/mol. The van der Waals surface area contributed by atoms with Crippen molar-refractivity contribution < 1.29 is 18.0 Å². The van der Waals surface area contributed by atoms with Gasteiger partial charge in [0.05, 0.1) is 11.9 Å². The summed E-state index contributed by atoms with van der Waals surface area (Å²) in [5, 5.41) is 3.45. The van der Waals surface area contributed by atoms with E-state index in [4.69, 9.17) is 11.6 Å². The number of carbonyl (C=O) groups is 2. The highest BCUT2D eigenvalue weighted by molar-refractivity contribution is 7.92. The third-order valence-corrected chi connectivity index (χ3v) is 7.83. The van der Waals surface area contributed by atoms with Crippen molar-refractivity contribution in [1.29, 1.82) is 0 Å². The van der Waals surface area contributed by atoms with Gasteiger partial charge < -0.3 is 10.2 Å². The molecule has 0 spiro atoms. The lowest BCUT2D eigenvalue weighted by Crippen LogP contribution is -2.50. The SMILES string of the molecule is CC[C@@H](C)NC(=O)[C@@H](CC)N(Cc1cccc(C)c1)C(=O)CCCN(c1cc(Cl)ccc1C)S(C)(=O)=O. The van der Waals surface area contributed by atoms with Gasteiger partial charge in [-0.25, -0.2) is 8.42 Å². The predicted octanol–water partition coefficient (Wildman–Crippen LogP) is 5.23. The number of nitrogens with zero attached hydrogens (tertiary/aromatic N) is 2. The average molecular weight is 550 g/mol. The van der Waals surface area contributed by atoms with Crippen LogP contribution in [0.5, 0.6) is 0 Å². The minimum absolute atomic E-state index is 0.00160. The number of carbonyl (C=O) groups excluding carboxylic acids is 2. The van der Waals surface area contributed by atoms with E-state index >= 15 is 0 Å². The molecule has 0 aliphatic heterocycles. The number of hydrogen-bond donors (Lipinski definition) is 1. The minimum Gasteiger partial charge on any atom is -0.352 e. The fourth-order valence-electron chi connectivity index (χ4n) is 4.20. The van der Waals surface area contributed by atoms with Crippen LogP contribution in [0.4, 0.5) is 5.69 Å². The van der Waals surface area contributed by atoms with Gasteiger partial charge >= 0.3 is 0 Å². The number of benzene rings is 2. The number of halogens is 1. The van der Waals surface area contributed by atoms with Gasteiger partial charge in [-0.3, -0.25) is 13.9 Å². The fraction of sp³-hybridized carbons (Fsp3) is 0.500. The molecule has 0 radical (unpaired) electrons. The molecule has 2 aromatic carbocycles. The van der Waals surface area contributed by atoms with E-state index in [9.17, 15) is 18.0 Å². The molecule has 2 aromatic rings. The van der Waals surface area contributed by atoms with Gasteiger partial charge in [-0.2, -0.15) is 0 Å². The van der Waals surface area contributed by atoms with Crippen molar-refractivity contribution in [3.8, 4) is 0 Å². The molecule has 1 N–H and O–H groups in total. The number of anilines is 1. The highest BCUT2D eigenvalue weighted by atomic mass is 35.5. The van der Waals surface area contributed by atoms with Gasteiger partial charge in [0.2, 0.25) is 21.8 Å². The van der Waals surface area contributed by atoms with Crippen LogP contribution in [0.1, 0.15) is 63.1 Å². The van der Waals surface area contributed by atoms with E-state index in [1.165, 1.54) is 4.31 Å². The Balaban J connectivity index is 2.26. The Hall–Kier alpha value is -2.58. The van der Waals surface area contributed by atoms with E-state index in [1.807, 2.05) is 58.9 Å². The monoisotopic (exact) mass is 549 g/mol. The van der Waals surface area contributed by atoms with Gasteiger partial charge in [-0.1, -0.05) is 61.3 Å². The molecule has 0 unspecified atom stereocenters. The highest BCUT2D eigenvalue weighted by Crippen LogP contribution is 2.27. The van der Waals surface area contributed by atoms with Crippen molar-refractivity contribution in [3.05, 3.63) is 64.2 Å². The second-order valence-corrected chi connectivity index (χ2v) is 12.0. The maximum absolute atomic E-state index is 13.5. The number of nitrogens with one attached hydrogen (secondary N) is 1. The van der Waals surface area contributed by atoms with Gasteiger partial charge in [0.1, 0.15) is 6.04 Å². The van der Waals surface area contributed by atoms with Gasteiger partial charge in [0, 0.05) is 30.6 Å². The Bertz CT molecular complexity index is 1190. The van der Waals surface area contributed by atoms with Crippen LogP contribution in [0.2, 0.25) is 5.02 Å². The molecule has 37 heavy (non-hydrogen) atoms. The maximum atomic E-state index is 13.5. The Morgan fingerprint density at radius 1 is 1.05 bits per heavy atom. The second kappa shape index (κ2) is 13.8. The maximum Gasteiger partial charge on any atom is 0.243 e. The second-order valence-electron chi connectivity index (χ2n) is 9.62. The average Bonchev–Trinajstić information content (AvgIpc) is 2.82. The normalized spacial score (nSPS) is 13.1. The van der Waals surface area contributed by atoms with Crippen LogP contribution in [0, 0.1) is 13.8 Å². The third kappa shape index (κ3) is 9.04. The topological polar surface area (TPSA) is 86.8 Å². The van der Waals surface area contributed by atoms with Crippen LogP contribution < -0.4 is 9.62 Å². The molecular formula is C28H40ClN3O4S. The molecule has 2 atom stereocenters. The van der Waals surface area contributed by atoms with Crippen LogP contribution >= 0.6 is 11.6 Å². The molecule has 9 heteroatoms. The summed E-state index contributed by atoms with van der Waals surface area (Å²) in [5.74, 6) is -0.367. The summed E-state index contributed by atoms with van der Waals surface area (Å²) < 4.78 is 26.5. The molecular weight excluding hydrogens is 510 g/mol. The van der Waals surface area contributed by atoms with E-state index < -0.39 is 16.1 Å². The zero-order chi connectivity index (χ0) is 27.8. The van der Waals surface area contributed by atoms with Gasteiger partial charge in [0.15, 0.2) is 0 Å². The van der Waals surface area contributed by atoms with Gasteiger partial charge in [0.25, 0.3) is 0 Å². The van der Waals surface area contributed by atoms with E-state index in [1.54, 1.807) is 23.1 Å². The first-order valence-corrected chi connectivity index (χ1v) is 15.0. The van der Waals surface area contributed by atoms with E-state index in [0.717, 1.165) is 29.4 Å². The lowest BCUT2D eigenvalue weighted by atomic mass is 10.1. The Labute approximate surface area is 227 Å². The Kier molecular flexibility index (Phi) is 11.4. The van der Waals surface area contributed by atoms with Gasteiger partial charge in [-0.15, -0.1) is 0 Å². The van der Waals surface area contributed by atoms with Crippen molar-refractivity contribution in [2.24, 2.45) is 0 Å². The molecule has 2 amide bonds. The van der Waals surface area contributed by atoms with Crippen molar-refractivity contribution >= 4 is 39.1 Å². The number of aryl methyl sites for hydroxylation is 2. The molecule has 0 heterocycles. The summed E-state index contributed by atoms with van der Waals surface area (Å²) in [5.41, 5.74) is 3.28. The van der Waals surface area contributed by atoms with E-state index in [2.05, 4.69) is 5.32 Å². The first-order valence-electron chi connectivity index (χ1n) is 12.8. The summed E-state index contributed by atoms with van der Waals surface area (Å²) in [6.45, 7) is 10.1. The minimum atomic E-state index is -3.59. The summed E-state index contributed by atoms with van der Waals surface area (Å²) >= 11 is 6.13. The molecule has 0 fully saturated rings. The largest absolute Gasteiger partial charge is 0.352 e. The molecule has 2 rings (SSSR count). The van der Waals surface area contributed by atoms with E-state index in [-0.39, 0.29) is 30.8 Å². The fourth-order valence-corrected chi connectivity index (χ4v) is 5.38. The zero-order valence-corrected chi connectivity index (χ0v) is 24.3. The molecule has 0 saturated heterocycles. The highest BCUT2D eigenvalue weighted by Gasteiger charge is 2.29. The molecule has 0 aliphatic carbocycles. The zero-order valence-electron chi connectivity index (χ0n) is 22.8. The lowest BCUT2D eigenvalue weighted by molar-refractivity contribution is -0.141. The molecule has 0 bridgehead atoms. The molecule has 7 nitrogen and oxygen atoms in total. The summed E-state index contributed by atoms with van der Waals surface area (Å²) in [4.78, 5) is 28.3. The number of sulfonamides is 1. The summed E-state index contributed by atoms with van der Waals surface area (Å²) in [6, 6.07) is 12.4. The Morgan fingerprint density at radius 3 is 2.35 bits per heavy atom. The first kappa shape index (κ1) is 30.6. The lowest BCUT2D eigenvalue weighted by Gasteiger charge is -2.32. The van der Waals surface area contributed by atoms with Crippen molar-refractivity contribution in [1.82, 2.24) is 10.2 Å². The van der Waals surface area contributed by atoms with Gasteiger partial charge in [-0.05, 0) is 63.3 Å². The standard InChI is InChI=1S/C28H40ClN3O4S/c1-7-22(5)30-28(34)25(8-2)31(19-23-12-9-11-20(3)17-23)27(33)13-10-16-32(37(6,35)36)26-18-24(29)15-14-21(26)4/h9,11-12,14-15,17-18,22,25H,7-8,10,13,16,19H2,1-6H3,(H,30,34)/t22-,25-/m1/s1. The Morgan fingerprint density at radius 2 is 1.76 bits per heavy atom. The molecule has 0 aliphatic rings. The summed E-state index contributed by atoms with van der Waals surface area (Å²) in [7, 11) is -3.59. The van der Waals surface area contributed by atoms with Crippen LogP contribution in [0.3, 0.4) is 0 Å². The number of hydrogen-bond acceptors (Lipinski definition) is 4. The molecule has 204 valence electrons. The van der Waals surface area contributed by atoms with E-state index in [0.29, 0.717) is 30.1 Å². The third-order valence-electron chi connectivity index (χ3n) is 6.41. The van der Waals surface area contributed by atoms with Crippen LogP contribution in [-0.4, -0.2) is 50.0 Å². The number of amides is 2. The molecule has 0 aromatic heterocycles. The quantitative estimate of drug-likeness (QED) is 0.371.